The van der Waals surface area contributed by atoms with Gasteiger partial charge in [0.15, 0.2) is 0 Å². The number of rotatable bonds is 0. The lowest BCUT2D eigenvalue weighted by Gasteiger charge is -2.41. The van der Waals surface area contributed by atoms with E-state index >= 15 is 0 Å². The molecule has 13 heavy (non-hydrogen) atoms. The molecule has 0 unspecified atom stereocenters. The van der Waals surface area contributed by atoms with Gasteiger partial charge in [-0.05, 0) is 39.2 Å². The molecule has 0 radical (unpaired) electrons. The molecule has 3 nitrogen and oxygen atoms in total. The van der Waals surface area contributed by atoms with E-state index in [-0.39, 0.29) is 11.4 Å². The molecular formula is C10H18N2O. The molecule has 0 bridgehead atoms. The van der Waals surface area contributed by atoms with Crippen molar-refractivity contribution < 1.29 is 4.79 Å². The van der Waals surface area contributed by atoms with Crippen LogP contribution in [0.2, 0.25) is 0 Å². The van der Waals surface area contributed by atoms with E-state index in [2.05, 4.69) is 17.6 Å². The number of carbonyl (C=O) groups is 1. The Balaban J connectivity index is 2.14. The maximum atomic E-state index is 11.4. The van der Waals surface area contributed by atoms with Crippen molar-refractivity contribution in [1.29, 1.82) is 0 Å². The molecule has 2 rings (SSSR count). The van der Waals surface area contributed by atoms with Crippen molar-refractivity contribution in [2.75, 3.05) is 6.54 Å². The van der Waals surface area contributed by atoms with Gasteiger partial charge in [-0.3, -0.25) is 4.79 Å². The van der Waals surface area contributed by atoms with Crippen molar-refractivity contribution in [2.45, 2.75) is 50.6 Å². The summed E-state index contributed by atoms with van der Waals surface area (Å²) in [5, 5.41) is 6.66. The Bertz CT molecular complexity index is 217. The zero-order chi connectivity index (χ0) is 9.31. The third-order valence-electron chi connectivity index (χ3n) is 3.35. The van der Waals surface area contributed by atoms with Crippen molar-refractivity contribution >= 4 is 5.91 Å². The lowest BCUT2D eigenvalue weighted by Crippen LogP contribution is -2.61. The summed E-state index contributed by atoms with van der Waals surface area (Å²) in [6.45, 7) is 3.28. The van der Waals surface area contributed by atoms with Crippen LogP contribution in [0.1, 0.15) is 39.0 Å². The average molecular weight is 182 g/mol. The van der Waals surface area contributed by atoms with Crippen molar-refractivity contribution in [3.8, 4) is 0 Å². The molecule has 2 fully saturated rings. The molecule has 2 N–H and O–H groups in total. The second-order valence-corrected chi connectivity index (χ2v) is 4.47. The molecule has 2 saturated heterocycles. The number of nitrogens with one attached hydrogen (secondary N) is 2. The van der Waals surface area contributed by atoms with Gasteiger partial charge < -0.3 is 10.6 Å². The summed E-state index contributed by atoms with van der Waals surface area (Å²) in [4.78, 5) is 11.4. The molecule has 0 aromatic rings. The highest BCUT2D eigenvalue weighted by Gasteiger charge is 2.38. The minimum Gasteiger partial charge on any atom is -0.349 e. The van der Waals surface area contributed by atoms with Crippen LogP contribution < -0.4 is 10.6 Å². The minimum atomic E-state index is 0.0197. The topological polar surface area (TPSA) is 41.1 Å². The van der Waals surface area contributed by atoms with Crippen molar-refractivity contribution in [3.05, 3.63) is 0 Å². The van der Waals surface area contributed by atoms with Crippen LogP contribution in [0.5, 0.6) is 0 Å². The first-order valence-corrected chi connectivity index (χ1v) is 5.25. The molecule has 0 aliphatic carbocycles. The summed E-state index contributed by atoms with van der Waals surface area (Å²) < 4.78 is 0. The summed E-state index contributed by atoms with van der Waals surface area (Å²) in [6, 6.07) is 0.493. The predicted octanol–water partition coefficient (Wildman–Crippen LogP) is 0.797. The zero-order valence-corrected chi connectivity index (χ0v) is 8.23. The average Bonchev–Trinajstić information content (AvgIpc) is 2.21. The second-order valence-electron chi connectivity index (χ2n) is 4.47. The van der Waals surface area contributed by atoms with Gasteiger partial charge in [0.05, 0.1) is 5.54 Å². The van der Waals surface area contributed by atoms with Gasteiger partial charge in [0, 0.05) is 12.5 Å². The normalized spacial score (nSPS) is 40.4. The minimum absolute atomic E-state index is 0.0197. The van der Waals surface area contributed by atoms with Gasteiger partial charge >= 0.3 is 0 Å². The molecule has 2 aliphatic heterocycles. The monoisotopic (exact) mass is 182 g/mol. The lowest BCUT2D eigenvalue weighted by molar-refractivity contribution is -0.122. The van der Waals surface area contributed by atoms with Gasteiger partial charge in [-0.15, -0.1) is 0 Å². The Morgan fingerprint density at radius 3 is 3.15 bits per heavy atom. The van der Waals surface area contributed by atoms with Crippen LogP contribution in [-0.2, 0) is 4.79 Å². The maximum Gasteiger partial charge on any atom is 0.220 e. The predicted molar refractivity (Wildman–Crippen MR) is 51.4 cm³/mol. The Morgan fingerprint density at radius 2 is 2.31 bits per heavy atom. The van der Waals surface area contributed by atoms with Crippen LogP contribution in [0.25, 0.3) is 0 Å². The highest BCUT2D eigenvalue weighted by Crippen LogP contribution is 2.27. The standard InChI is InChI=1S/C10H18N2O/c1-10-6-3-7-11-8(10)4-2-5-9(13)12-10/h8,11H,2-7H2,1H3,(H,12,13)/t8-,10-/m0/s1. The van der Waals surface area contributed by atoms with Crippen LogP contribution in [0.15, 0.2) is 0 Å². The molecule has 3 heteroatoms. The van der Waals surface area contributed by atoms with E-state index in [1.807, 2.05) is 0 Å². The van der Waals surface area contributed by atoms with E-state index in [4.69, 9.17) is 0 Å². The summed E-state index contributed by atoms with van der Waals surface area (Å²) in [5.74, 6) is 0.230. The van der Waals surface area contributed by atoms with Crippen LogP contribution in [0.3, 0.4) is 0 Å². The molecule has 0 saturated carbocycles. The fourth-order valence-electron chi connectivity index (χ4n) is 2.55. The largest absolute Gasteiger partial charge is 0.349 e. The van der Waals surface area contributed by atoms with Gasteiger partial charge in [0.25, 0.3) is 0 Å². The van der Waals surface area contributed by atoms with Crippen molar-refractivity contribution in [2.24, 2.45) is 0 Å². The number of piperidine rings is 1. The van der Waals surface area contributed by atoms with Gasteiger partial charge in [0.1, 0.15) is 0 Å². The van der Waals surface area contributed by atoms with Crippen LogP contribution >= 0.6 is 0 Å². The number of amides is 1. The number of carbonyl (C=O) groups excluding carboxylic acids is 1. The molecular weight excluding hydrogens is 164 g/mol. The molecule has 2 atom stereocenters. The van der Waals surface area contributed by atoms with Gasteiger partial charge in [-0.25, -0.2) is 0 Å². The first kappa shape index (κ1) is 9.00. The van der Waals surface area contributed by atoms with Crippen LogP contribution in [-0.4, -0.2) is 24.0 Å². The number of hydrogen-bond acceptors (Lipinski definition) is 2. The van der Waals surface area contributed by atoms with Crippen molar-refractivity contribution in [3.63, 3.8) is 0 Å². The Kier molecular flexibility index (Phi) is 2.28. The van der Waals surface area contributed by atoms with Crippen LogP contribution in [0, 0.1) is 0 Å². The molecule has 2 aliphatic rings. The smallest absolute Gasteiger partial charge is 0.220 e. The molecule has 0 aromatic heterocycles. The molecule has 0 spiro atoms. The number of hydrogen-bond donors (Lipinski definition) is 2. The highest BCUT2D eigenvalue weighted by atomic mass is 16.1. The summed E-state index contributed by atoms with van der Waals surface area (Å²) in [7, 11) is 0. The van der Waals surface area contributed by atoms with Crippen molar-refractivity contribution in [1.82, 2.24) is 10.6 Å². The summed E-state index contributed by atoms with van der Waals surface area (Å²) >= 11 is 0. The second kappa shape index (κ2) is 3.29. The molecule has 74 valence electrons. The van der Waals surface area contributed by atoms with Gasteiger partial charge in [0.2, 0.25) is 5.91 Å². The molecule has 1 amide bonds. The Morgan fingerprint density at radius 1 is 1.46 bits per heavy atom. The third-order valence-corrected chi connectivity index (χ3v) is 3.35. The summed E-state index contributed by atoms with van der Waals surface area (Å²) in [5.41, 5.74) is 0.0197. The van der Waals surface area contributed by atoms with E-state index in [1.165, 1.54) is 6.42 Å². The molecule has 0 aromatic carbocycles. The SMILES string of the molecule is C[C@]12CCCN[C@H]1CCCC(=O)N2. The van der Waals surface area contributed by atoms with E-state index in [9.17, 15) is 4.79 Å². The Labute approximate surface area is 79.3 Å². The fourth-order valence-corrected chi connectivity index (χ4v) is 2.55. The first-order valence-electron chi connectivity index (χ1n) is 5.25. The maximum absolute atomic E-state index is 11.4. The van der Waals surface area contributed by atoms with E-state index < -0.39 is 0 Å². The van der Waals surface area contributed by atoms with Gasteiger partial charge in [-0.1, -0.05) is 0 Å². The lowest BCUT2D eigenvalue weighted by atomic mass is 9.83. The van der Waals surface area contributed by atoms with Gasteiger partial charge in [-0.2, -0.15) is 0 Å². The highest BCUT2D eigenvalue weighted by molar-refractivity contribution is 5.77. The van der Waals surface area contributed by atoms with Crippen LogP contribution in [0.4, 0.5) is 0 Å². The fraction of sp³-hybridized carbons (Fsp3) is 0.900. The number of fused-ring (bicyclic) bond motifs is 1. The Hall–Kier alpha value is -0.570. The summed E-state index contributed by atoms with van der Waals surface area (Å²) in [6.07, 6.45) is 5.16. The first-order chi connectivity index (χ1) is 6.21. The quantitative estimate of drug-likeness (QED) is 0.581. The van der Waals surface area contributed by atoms with E-state index in [0.717, 1.165) is 25.8 Å². The third kappa shape index (κ3) is 1.70. The van der Waals surface area contributed by atoms with E-state index in [0.29, 0.717) is 12.5 Å². The van der Waals surface area contributed by atoms with E-state index in [1.54, 1.807) is 0 Å². The molecule has 2 heterocycles. The zero-order valence-electron chi connectivity index (χ0n) is 8.23.